The average Bonchev–Trinajstić information content (AvgIpc) is 2.37. The molecule has 2 bridgehead atoms. The second-order valence-corrected chi connectivity index (χ2v) is 3.49. The van der Waals surface area contributed by atoms with Crippen LogP contribution in [0.5, 0.6) is 0 Å². The van der Waals surface area contributed by atoms with Gasteiger partial charge in [0.15, 0.2) is 0 Å². The molecule has 2 heteroatoms. The Morgan fingerprint density at radius 1 is 0.889 bits per heavy atom. The van der Waals surface area contributed by atoms with E-state index in [1.807, 2.05) is 0 Å². The van der Waals surface area contributed by atoms with E-state index in [1.54, 1.807) is 0 Å². The number of nitrogens with two attached hydrogens (primary N) is 2. The first kappa shape index (κ1) is 5.69. The van der Waals surface area contributed by atoms with Gasteiger partial charge in [-0.25, -0.2) is 0 Å². The van der Waals surface area contributed by atoms with Crippen molar-refractivity contribution in [1.82, 2.24) is 0 Å². The largest absolute Gasteiger partial charge is 0.326 e. The van der Waals surface area contributed by atoms with Gasteiger partial charge in [0, 0.05) is 12.1 Å². The summed E-state index contributed by atoms with van der Waals surface area (Å²) in [7, 11) is 0. The van der Waals surface area contributed by atoms with E-state index in [0.29, 0.717) is 12.1 Å². The van der Waals surface area contributed by atoms with Crippen LogP contribution >= 0.6 is 0 Å². The van der Waals surface area contributed by atoms with E-state index < -0.39 is 0 Å². The maximum atomic E-state index is 5.84. The molecule has 0 radical (unpaired) electrons. The normalized spacial score (nSPS) is 56.7. The monoisotopic (exact) mass is 126 g/mol. The highest BCUT2D eigenvalue weighted by atomic mass is 14.8. The van der Waals surface area contributed by atoms with Gasteiger partial charge in [-0.1, -0.05) is 0 Å². The Labute approximate surface area is 55.6 Å². The molecule has 0 unspecified atom stereocenters. The van der Waals surface area contributed by atoms with E-state index in [0.717, 1.165) is 11.8 Å². The molecule has 0 spiro atoms. The average molecular weight is 126 g/mol. The Bertz CT molecular complexity index is 106. The first-order valence-corrected chi connectivity index (χ1v) is 3.80. The molecule has 4 atom stereocenters. The number of hydrogen-bond donors (Lipinski definition) is 2. The molecule has 2 rings (SSSR count). The minimum Gasteiger partial charge on any atom is -0.326 e. The van der Waals surface area contributed by atoms with Gasteiger partial charge in [-0.05, 0) is 31.1 Å². The van der Waals surface area contributed by atoms with Gasteiger partial charge >= 0.3 is 0 Å². The van der Waals surface area contributed by atoms with E-state index in [1.165, 1.54) is 19.3 Å². The highest BCUT2D eigenvalue weighted by Gasteiger charge is 2.43. The second kappa shape index (κ2) is 1.70. The smallest absolute Gasteiger partial charge is 0.0223 e. The fraction of sp³-hybridized carbons (Fsp3) is 1.00. The minimum atomic E-state index is 0.323. The van der Waals surface area contributed by atoms with Crippen LogP contribution < -0.4 is 11.5 Å². The molecule has 0 heterocycles. The quantitative estimate of drug-likeness (QED) is 0.482. The summed E-state index contributed by atoms with van der Waals surface area (Å²) in [5.41, 5.74) is 11.7. The molecule has 2 saturated carbocycles. The molecule has 2 fully saturated rings. The van der Waals surface area contributed by atoms with Gasteiger partial charge in [0.2, 0.25) is 0 Å². The highest BCUT2D eigenvalue weighted by molar-refractivity contribution is 5.01. The van der Waals surface area contributed by atoms with Gasteiger partial charge < -0.3 is 11.5 Å². The third-order valence-corrected chi connectivity index (χ3v) is 3.05. The summed E-state index contributed by atoms with van der Waals surface area (Å²) in [6.07, 6.45) is 3.97. The van der Waals surface area contributed by atoms with Crippen LogP contribution in [-0.2, 0) is 0 Å². The molecule has 0 aromatic carbocycles. The predicted octanol–water partition coefficient (Wildman–Crippen LogP) is 0.0709. The van der Waals surface area contributed by atoms with Gasteiger partial charge in [-0.15, -0.1) is 0 Å². The lowest BCUT2D eigenvalue weighted by molar-refractivity contribution is 0.365. The summed E-state index contributed by atoms with van der Waals surface area (Å²) in [6, 6.07) is 0.646. The summed E-state index contributed by atoms with van der Waals surface area (Å²) in [5, 5.41) is 0. The third kappa shape index (κ3) is 0.634. The zero-order valence-corrected chi connectivity index (χ0v) is 5.59. The lowest BCUT2D eigenvalue weighted by Gasteiger charge is -2.23. The molecule has 52 valence electrons. The van der Waals surface area contributed by atoms with Crippen LogP contribution in [0.1, 0.15) is 19.3 Å². The van der Waals surface area contributed by atoms with Gasteiger partial charge in [0.25, 0.3) is 0 Å². The molecular weight excluding hydrogens is 112 g/mol. The molecule has 0 aliphatic heterocycles. The zero-order valence-electron chi connectivity index (χ0n) is 5.59. The summed E-state index contributed by atoms with van der Waals surface area (Å²) < 4.78 is 0. The Morgan fingerprint density at radius 3 is 1.56 bits per heavy atom. The molecule has 2 aliphatic rings. The van der Waals surface area contributed by atoms with Crippen LogP contribution in [0.2, 0.25) is 0 Å². The van der Waals surface area contributed by atoms with E-state index in [4.69, 9.17) is 11.5 Å². The molecule has 2 aliphatic carbocycles. The molecule has 0 saturated heterocycles. The first-order chi connectivity index (χ1) is 4.29. The maximum Gasteiger partial charge on any atom is 0.0223 e. The van der Waals surface area contributed by atoms with E-state index >= 15 is 0 Å². The standard InChI is InChI=1S/C7H14N2/c8-6-4-1-2-5(3-4)7(6)9/h4-7H,1-3,8-9H2/t4-,5+,6+,7-. The van der Waals surface area contributed by atoms with Gasteiger partial charge in [0.05, 0.1) is 0 Å². The summed E-state index contributed by atoms with van der Waals surface area (Å²) in [5.74, 6) is 1.54. The van der Waals surface area contributed by atoms with Crippen molar-refractivity contribution in [3.05, 3.63) is 0 Å². The van der Waals surface area contributed by atoms with Gasteiger partial charge in [-0.3, -0.25) is 0 Å². The Balaban J connectivity index is 2.15. The van der Waals surface area contributed by atoms with Crippen LogP contribution in [-0.4, -0.2) is 12.1 Å². The van der Waals surface area contributed by atoms with E-state index in [-0.39, 0.29) is 0 Å². The highest BCUT2D eigenvalue weighted by Crippen LogP contribution is 2.42. The maximum absolute atomic E-state index is 5.84. The Hall–Kier alpha value is -0.0800. The van der Waals surface area contributed by atoms with Crippen molar-refractivity contribution in [1.29, 1.82) is 0 Å². The molecule has 0 amide bonds. The van der Waals surface area contributed by atoms with Crippen molar-refractivity contribution in [2.45, 2.75) is 31.3 Å². The predicted molar refractivity (Wildman–Crippen MR) is 36.8 cm³/mol. The van der Waals surface area contributed by atoms with Gasteiger partial charge in [0.1, 0.15) is 0 Å². The fourth-order valence-electron chi connectivity index (χ4n) is 2.38. The van der Waals surface area contributed by atoms with Crippen LogP contribution in [0.25, 0.3) is 0 Å². The minimum absolute atomic E-state index is 0.323. The van der Waals surface area contributed by atoms with Gasteiger partial charge in [-0.2, -0.15) is 0 Å². The molecule has 2 nitrogen and oxygen atoms in total. The van der Waals surface area contributed by atoms with Crippen LogP contribution in [0.4, 0.5) is 0 Å². The van der Waals surface area contributed by atoms with E-state index in [9.17, 15) is 0 Å². The fourth-order valence-corrected chi connectivity index (χ4v) is 2.38. The molecule has 9 heavy (non-hydrogen) atoms. The van der Waals surface area contributed by atoms with Crippen molar-refractivity contribution in [3.8, 4) is 0 Å². The lowest BCUT2D eigenvalue weighted by atomic mass is 9.92. The molecular formula is C7H14N2. The topological polar surface area (TPSA) is 52.0 Å². The summed E-state index contributed by atoms with van der Waals surface area (Å²) >= 11 is 0. The SMILES string of the molecule is N[C@@H]1[C@H]2CC[C@H](C2)[C@@H]1N. The lowest BCUT2D eigenvalue weighted by Crippen LogP contribution is -2.45. The Morgan fingerprint density at radius 2 is 1.33 bits per heavy atom. The van der Waals surface area contributed by atoms with Crippen LogP contribution in [0.15, 0.2) is 0 Å². The summed E-state index contributed by atoms with van der Waals surface area (Å²) in [4.78, 5) is 0. The summed E-state index contributed by atoms with van der Waals surface area (Å²) in [6.45, 7) is 0. The Kier molecular flexibility index (Phi) is 1.08. The molecule has 0 aromatic heterocycles. The number of fused-ring (bicyclic) bond motifs is 2. The number of rotatable bonds is 0. The van der Waals surface area contributed by atoms with Crippen molar-refractivity contribution in [2.24, 2.45) is 23.3 Å². The number of hydrogen-bond acceptors (Lipinski definition) is 2. The second-order valence-electron chi connectivity index (χ2n) is 3.49. The van der Waals surface area contributed by atoms with E-state index in [2.05, 4.69) is 0 Å². The third-order valence-electron chi connectivity index (χ3n) is 3.05. The van der Waals surface area contributed by atoms with Crippen molar-refractivity contribution in [3.63, 3.8) is 0 Å². The van der Waals surface area contributed by atoms with Crippen molar-refractivity contribution in [2.75, 3.05) is 0 Å². The molecule has 0 aromatic rings. The first-order valence-electron chi connectivity index (χ1n) is 3.80. The van der Waals surface area contributed by atoms with Crippen LogP contribution in [0, 0.1) is 11.8 Å². The van der Waals surface area contributed by atoms with Crippen molar-refractivity contribution < 1.29 is 0 Å². The molecule has 4 N–H and O–H groups in total. The van der Waals surface area contributed by atoms with Crippen LogP contribution in [0.3, 0.4) is 0 Å². The van der Waals surface area contributed by atoms with Crippen molar-refractivity contribution >= 4 is 0 Å². The zero-order chi connectivity index (χ0) is 6.43.